The lowest BCUT2D eigenvalue weighted by molar-refractivity contribution is 0.0950. The zero-order valence-corrected chi connectivity index (χ0v) is 19.5. The van der Waals surface area contributed by atoms with Crippen molar-refractivity contribution in [3.05, 3.63) is 95.0 Å². The van der Waals surface area contributed by atoms with Gasteiger partial charge in [-0.15, -0.1) is 11.3 Å². The second-order valence-corrected chi connectivity index (χ2v) is 8.67. The number of carbonyl (C=O) groups is 1. The van der Waals surface area contributed by atoms with E-state index < -0.39 is 11.6 Å². The van der Waals surface area contributed by atoms with Gasteiger partial charge < -0.3 is 16.4 Å². The Morgan fingerprint density at radius 2 is 1.97 bits per heavy atom. The molecular weight excluding hydrogens is 484 g/mol. The van der Waals surface area contributed by atoms with E-state index in [9.17, 15) is 13.6 Å². The minimum Gasteiger partial charge on any atom is -0.383 e. The van der Waals surface area contributed by atoms with Crippen LogP contribution in [-0.4, -0.2) is 25.8 Å². The van der Waals surface area contributed by atoms with Crippen LogP contribution in [0.4, 0.5) is 20.3 Å². The number of halogens is 2. The Balaban J connectivity index is 1.32. The summed E-state index contributed by atoms with van der Waals surface area (Å²) in [5, 5.41) is 8.93. The van der Waals surface area contributed by atoms with Crippen LogP contribution in [0, 0.1) is 11.6 Å². The monoisotopic (exact) mass is 503 g/mol. The third-order valence-electron chi connectivity index (χ3n) is 5.46. The van der Waals surface area contributed by atoms with E-state index in [-0.39, 0.29) is 24.7 Å². The first-order valence-corrected chi connectivity index (χ1v) is 11.7. The summed E-state index contributed by atoms with van der Waals surface area (Å²) >= 11 is 1.41. The van der Waals surface area contributed by atoms with Gasteiger partial charge >= 0.3 is 0 Å². The maximum atomic E-state index is 14.7. The Kier molecular flexibility index (Phi) is 6.46. The van der Waals surface area contributed by atoms with E-state index in [0.29, 0.717) is 22.6 Å². The molecule has 36 heavy (non-hydrogen) atoms. The molecule has 11 heteroatoms. The van der Waals surface area contributed by atoms with Gasteiger partial charge in [-0.3, -0.25) is 9.78 Å². The van der Waals surface area contributed by atoms with Crippen LogP contribution >= 0.6 is 11.3 Å². The summed E-state index contributed by atoms with van der Waals surface area (Å²) in [5.74, 6) is -2.01. The number of thiazole rings is 1. The van der Waals surface area contributed by atoms with E-state index in [0.717, 1.165) is 27.5 Å². The molecule has 0 bridgehead atoms. The maximum absolute atomic E-state index is 14.7. The third-order valence-corrected chi connectivity index (χ3v) is 6.40. The quantitative estimate of drug-likeness (QED) is 0.298. The summed E-state index contributed by atoms with van der Waals surface area (Å²) in [7, 11) is 0. The summed E-state index contributed by atoms with van der Waals surface area (Å²) in [6, 6.07) is 11.3. The van der Waals surface area contributed by atoms with Gasteiger partial charge in [0.05, 0.1) is 29.0 Å². The molecule has 0 aliphatic heterocycles. The number of fused-ring (bicyclic) bond motifs is 1. The van der Waals surface area contributed by atoms with E-state index in [1.807, 2.05) is 23.6 Å². The number of nitrogens with one attached hydrogen (secondary N) is 2. The van der Waals surface area contributed by atoms with Crippen molar-refractivity contribution in [1.82, 2.24) is 25.3 Å². The summed E-state index contributed by atoms with van der Waals surface area (Å²) < 4.78 is 28.7. The molecule has 5 aromatic rings. The second kappa shape index (κ2) is 10.0. The number of hydrogen-bond acceptors (Lipinski definition) is 8. The first kappa shape index (κ1) is 23.2. The maximum Gasteiger partial charge on any atom is 0.253 e. The predicted octanol–water partition coefficient (Wildman–Crippen LogP) is 4.55. The van der Waals surface area contributed by atoms with E-state index in [1.54, 1.807) is 18.3 Å². The van der Waals surface area contributed by atoms with Crippen LogP contribution in [0.1, 0.15) is 21.6 Å². The molecule has 0 atom stereocenters. The summed E-state index contributed by atoms with van der Waals surface area (Å²) in [6.45, 7) is 0.148. The fraction of sp³-hybridized carbons (Fsp3) is 0.0800. The average molecular weight is 504 g/mol. The molecule has 2 aromatic carbocycles. The van der Waals surface area contributed by atoms with Crippen molar-refractivity contribution in [2.24, 2.45) is 0 Å². The lowest BCUT2D eigenvalue weighted by Crippen LogP contribution is -2.23. The Morgan fingerprint density at radius 3 is 2.81 bits per heavy atom. The molecule has 0 unspecified atom stereocenters. The highest BCUT2D eigenvalue weighted by atomic mass is 32.1. The van der Waals surface area contributed by atoms with Crippen molar-refractivity contribution >= 4 is 39.7 Å². The molecule has 0 spiro atoms. The molecule has 1 amide bonds. The van der Waals surface area contributed by atoms with Crippen molar-refractivity contribution in [3.63, 3.8) is 0 Å². The number of carbonyl (C=O) groups excluding carboxylic acids is 1. The van der Waals surface area contributed by atoms with Crippen molar-refractivity contribution in [2.45, 2.75) is 13.1 Å². The van der Waals surface area contributed by atoms with Gasteiger partial charge in [-0.05, 0) is 42.0 Å². The number of hydrogen-bond donors (Lipinski definition) is 3. The molecule has 3 aromatic heterocycles. The highest BCUT2D eigenvalue weighted by Crippen LogP contribution is 2.29. The highest BCUT2D eigenvalue weighted by Gasteiger charge is 2.16. The van der Waals surface area contributed by atoms with Crippen molar-refractivity contribution in [3.8, 4) is 10.6 Å². The normalized spacial score (nSPS) is 10.9. The van der Waals surface area contributed by atoms with E-state index in [4.69, 9.17) is 5.73 Å². The Bertz CT molecular complexity index is 1560. The average Bonchev–Trinajstić information content (AvgIpc) is 3.38. The van der Waals surface area contributed by atoms with Gasteiger partial charge in [0.2, 0.25) is 0 Å². The summed E-state index contributed by atoms with van der Waals surface area (Å²) in [6.07, 6.45) is 4.40. The van der Waals surface area contributed by atoms with Crippen molar-refractivity contribution < 1.29 is 13.6 Å². The SMILES string of the molecule is Nc1ncnc2ccc(-c3nc(CNc4c(CNC(=O)c5cccnc5)ccc(F)c4F)cs3)cc12. The molecule has 5 rings (SSSR count). The van der Waals surface area contributed by atoms with Crippen LogP contribution in [0.2, 0.25) is 0 Å². The Morgan fingerprint density at radius 1 is 1.08 bits per heavy atom. The topological polar surface area (TPSA) is 119 Å². The highest BCUT2D eigenvalue weighted by molar-refractivity contribution is 7.13. The summed E-state index contributed by atoms with van der Waals surface area (Å²) in [5.41, 5.74) is 8.91. The van der Waals surface area contributed by atoms with Crippen LogP contribution in [0.5, 0.6) is 0 Å². The van der Waals surface area contributed by atoms with Gasteiger partial charge in [0, 0.05) is 35.3 Å². The van der Waals surface area contributed by atoms with Crippen LogP contribution in [0.3, 0.4) is 0 Å². The largest absolute Gasteiger partial charge is 0.383 e. The minimum atomic E-state index is -1.02. The molecule has 0 saturated heterocycles. The zero-order chi connectivity index (χ0) is 25.1. The number of nitrogens with zero attached hydrogens (tertiary/aromatic N) is 4. The van der Waals surface area contributed by atoms with Crippen LogP contribution < -0.4 is 16.4 Å². The van der Waals surface area contributed by atoms with E-state index in [1.165, 1.54) is 29.9 Å². The summed E-state index contributed by atoms with van der Waals surface area (Å²) in [4.78, 5) is 29.1. The minimum absolute atomic E-state index is 0.00381. The van der Waals surface area contributed by atoms with Gasteiger partial charge in [0.25, 0.3) is 5.91 Å². The van der Waals surface area contributed by atoms with Gasteiger partial charge in [-0.1, -0.05) is 6.07 Å². The zero-order valence-electron chi connectivity index (χ0n) is 18.7. The molecule has 4 N–H and O–H groups in total. The number of benzene rings is 2. The fourth-order valence-electron chi connectivity index (χ4n) is 3.61. The van der Waals surface area contributed by atoms with Crippen LogP contribution in [0.25, 0.3) is 21.5 Å². The number of anilines is 2. The molecule has 180 valence electrons. The lowest BCUT2D eigenvalue weighted by Gasteiger charge is -2.14. The first-order chi connectivity index (χ1) is 17.5. The molecule has 0 aliphatic rings. The second-order valence-electron chi connectivity index (χ2n) is 7.81. The van der Waals surface area contributed by atoms with Crippen LogP contribution in [0.15, 0.2) is 66.6 Å². The van der Waals surface area contributed by atoms with E-state index >= 15 is 0 Å². The fourth-order valence-corrected chi connectivity index (χ4v) is 4.43. The van der Waals surface area contributed by atoms with Gasteiger partial charge in [-0.25, -0.2) is 23.7 Å². The Hall–Kier alpha value is -4.51. The van der Waals surface area contributed by atoms with E-state index in [2.05, 4.69) is 30.6 Å². The number of rotatable bonds is 7. The predicted molar refractivity (Wildman–Crippen MR) is 134 cm³/mol. The smallest absolute Gasteiger partial charge is 0.253 e. The Labute approximate surface area is 208 Å². The van der Waals surface area contributed by atoms with Crippen molar-refractivity contribution in [1.29, 1.82) is 0 Å². The number of amides is 1. The lowest BCUT2D eigenvalue weighted by atomic mass is 10.1. The molecule has 3 heterocycles. The molecule has 0 saturated carbocycles. The number of nitrogen functional groups attached to an aromatic ring is 1. The first-order valence-electron chi connectivity index (χ1n) is 10.8. The molecule has 0 fully saturated rings. The number of aromatic nitrogens is 4. The molecule has 8 nitrogen and oxygen atoms in total. The van der Waals surface area contributed by atoms with Gasteiger partial charge in [-0.2, -0.15) is 0 Å². The van der Waals surface area contributed by atoms with Crippen LogP contribution in [-0.2, 0) is 13.1 Å². The number of nitrogens with two attached hydrogens (primary N) is 1. The molecule has 0 aliphatic carbocycles. The third kappa shape index (κ3) is 4.82. The number of pyridine rings is 1. The standard InChI is InChI=1S/C25H19F2N7OS/c26-19-5-3-15(10-31-24(35)16-2-1-7-29-9-16)22(21(19)27)30-11-17-12-36-25(34-17)14-4-6-20-18(8-14)23(28)33-13-32-20/h1-9,12-13,30H,10-11H2,(H,31,35)(H2,28,32,33). The molecular formula is C25H19F2N7OS. The van der Waals surface area contributed by atoms with Gasteiger partial charge in [0.15, 0.2) is 11.6 Å². The van der Waals surface area contributed by atoms with Crippen molar-refractivity contribution in [2.75, 3.05) is 11.1 Å². The molecule has 0 radical (unpaired) electrons. The van der Waals surface area contributed by atoms with Gasteiger partial charge in [0.1, 0.15) is 17.2 Å².